The molecule has 0 unspecified atom stereocenters. The van der Waals surface area contributed by atoms with Crippen LogP contribution >= 0.6 is 0 Å². The summed E-state index contributed by atoms with van der Waals surface area (Å²) in [6.07, 6.45) is 5.80. The van der Waals surface area contributed by atoms with Crippen LogP contribution in [0.4, 0.5) is 5.69 Å². The van der Waals surface area contributed by atoms with E-state index < -0.39 is 0 Å². The molecule has 2 rings (SSSR count). The number of hydrogen-bond acceptors (Lipinski definition) is 4. The van der Waals surface area contributed by atoms with Gasteiger partial charge in [-0.3, -0.25) is 9.88 Å². The van der Waals surface area contributed by atoms with Crippen LogP contribution < -0.4 is 5.32 Å². The number of hydrogen-bond donors (Lipinski definition) is 1. The molecule has 2 heterocycles. The van der Waals surface area contributed by atoms with Gasteiger partial charge < -0.3 is 5.32 Å². The molecule has 0 aliphatic carbocycles. The molecule has 0 bridgehead atoms. The maximum Gasteiger partial charge on any atom is 0.0866 e. The number of aromatic nitrogens is 1. The van der Waals surface area contributed by atoms with Crippen LogP contribution in [0.25, 0.3) is 0 Å². The number of likely N-dealkylation sites (tertiary alicyclic amines) is 1. The summed E-state index contributed by atoms with van der Waals surface area (Å²) in [5.41, 5.74) is 1.13. The Morgan fingerprint density at radius 3 is 2.69 bits per heavy atom. The molecule has 0 amide bonds. The van der Waals surface area contributed by atoms with Crippen LogP contribution in [0.15, 0.2) is 24.5 Å². The smallest absolute Gasteiger partial charge is 0.0866 e. The first-order valence-corrected chi connectivity index (χ1v) is 5.64. The second kappa shape index (κ2) is 5.47. The summed E-state index contributed by atoms with van der Waals surface area (Å²) in [7, 11) is 0. The largest absolute Gasteiger partial charge is 0.382 e. The average molecular weight is 216 g/mol. The molecule has 1 saturated heterocycles. The van der Waals surface area contributed by atoms with Crippen molar-refractivity contribution in [3.8, 4) is 6.07 Å². The topological polar surface area (TPSA) is 52.0 Å². The fourth-order valence-electron chi connectivity index (χ4n) is 2.02. The number of rotatable bonds is 3. The normalized spacial score (nSPS) is 17.9. The minimum Gasteiger partial charge on any atom is -0.382 e. The molecule has 0 aromatic carbocycles. The van der Waals surface area contributed by atoms with Gasteiger partial charge >= 0.3 is 0 Å². The van der Waals surface area contributed by atoms with E-state index in [2.05, 4.69) is 21.3 Å². The van der Waals surface area contributed by atoms with Gasteiger partial charge in [0.05, 0.1) is 12.6 Å². The van der Waals surface area contributed by atoms with Gasteiger partial charge in [0.2, 0.25) is 0 Å². The van der Waals surface area contributed by atoms with Crippen LogP contribution in [0.3, 0.4) is 0 Å². The van der Waals surface area contributed by atoms with Crippen molar-refractivity contribution < 1.29 is 0 Å². The van der Waals surface area contributed by atoms with Crippen molar-refractivity contribution in [3.05, 3.63) is 24.5 Å². The van der Waals surface area contributed by atoms with E-state index in [1.165, 1.54) is 0 Å². The molecule has 0 atom stereocenters. The molecule has 1 fully saturated rings. The van der Waals surface area contributed by atoms with Gasteiger partial charge in [0.1, 0.15) is 0 Å². The number of nitriles is 1. The molecule has 84 valence electrons. The highest BCUT2D eigenvalue weighted by Crippen LogP contribution is 2.15. The van der Waals surface area contributed by atoms with Gasteiger partial charge in [0.25, 0.3) is 0 Å². The molecule has 1 aliphatic rings. The average Bonchev–Trinajstić information content (AvgIpc) is 2.33. The van der Waals surface area contributed by atoms with Crippen molar-refractivity contribution in [2.24, 2.45) is 0 Å². The van der Waals surface area contributed by atoms with Crippen molar-refractivity contribution >= 4 is 5.69 Å². The number of nitrogens with one attached hydrogen (secondary N) is 1. The van der Waals surface area contributed by atoms with Crippen molar-refractivity contribution in [1.82, 2.24) is 9.88 Å². The molecular weight excluding hydrogens is 200 g/mol. The lowest BCUT2D eigenvalue weighted by atomic mass is 10.0. The lowest BCUT2D eigenvalue weighted by Crippen LogP contribution is -2.39. The molecule has 1 N–H and O–H groups in total. The third-order valence-corrected chi connectivity index (χ3v) is 2.93. The standard InChI is InChI=1S/C12H16N4/c13-5-10-16-8-3-12(4-9-16)15-11-1-6-14-7-2-11/h1-2,6-7,12H,3-4,8-10H2,(H,14,15). The third-order valence-electron chi connectivity index (χ3n) is 2.93. The number of anilines is 1. The van der Waals surface area contributed by atoms with Crippen molar-refractivity contribution in [1.29, 1.82) is 5.26 Å². The van der Waals surface area contributed by atoms with Crippen LogP contribution in [0, 0.1) is 11.3 Å². The highest BCUT2D eigenvalue weighted by molar-refractivity contribution is 5.41. The first kappa shape index (κ1) is 10.9. The third kappa shape index (κ3) is 2.94. The minimum atomic E-state index is 0.525. The van der Waals surface area contributed by atoms with E-state index in [-0.39, 0.29) is 0 Å². The van der Waals surface area contributed by atoms with Gasteiger partial charge in [-0.05, 0) is 25.0 Å². The summed E-state index contributed by atoms with van der Waals surface area (Å²) >= 11 is 0. The number of pyridine rings is 1. The van der Waals surface area contributed by atoms with E-state index >= 15 is 0 Å². The SMILES string of the molecule is N#CCN1CCC(Nc2ccncc2)CC1. The first-order chi connectivity index (χ1) is 7.88. The minimum absolute atomic E-state index is 0.525. The van der Waals surface area contributed by atoms with E-state index in [9.17, 15) is 0 Å². The monoisotopic (exact) mass is 216 g/mol. The zero-order chi connectivity index (χ0) is 11.2. The highest BCUT2D eigenvalue weighted by Gasteiger charge is 2.18. The summed E-state index contributed by atoms with van der Waals surface area (Å²) < 4.78 is 0. The summed E-state index contributed by atoms with van der Waals surface area (Å²) in [5.74, 6) is 0. The fraction of sp³-hybridized carbons (Fsp3) is 0.500. The van der Waals surface area contributed by atoms with E-state index in [0.29, 0.717) is 12.6 Å². The van der Waals surface area contributed by atoms with Gasteiger partial charge in [-0.1, -0.05) is 0 Å². The van der Waals surface area contributed by atoms with E-state index in [4.69, 9.17) is 5.26 Å². The molecule has 16 heavy (non-hydrogen) atoms. The molecule has 4 heteroatoms. The predicted molar refractivity (Wildman–Crippen MR) is 62.9 cm³/mol. The molecule has 0 saturated carbocycles. The summed E-state index contributed by atoms with van der Waals surface area (Å²) in [4.78, 5) is 6.19. The molecule has 0 spiro atoms. The number of piperidine rings is 1. The summed E-state index contributed by atoms with van der Waals surface area (Å²) in [6, 6.07) is 6.70. The summed E-state index contributed by atoms with van der Waals surface area (Å²) in [5, 5.41) is 12.1. The Morgan fingerprint density at radius 1 is 1.38 bits per heavy atom. The van der Waals surface area contributed by atoms with Crippen LogP contribution in [0.5, 0.6) is 0 Å². The highest BCUT2D eigenvalue weighted by atomic mass is 15.1. The molecular formula is C12H16N4. The Bertz CT molecular complexity index is 349. The molecule has 1 aliphatic heterocycles. The Balaban J connectivity index is 1.80. The Morgan fingerprint density at radius 2 is 2.06 bits per heavy atom. The van der Waals surface area contributed by atoms with Crippen molar-refractivity contribution in [2.45, 2.75) is 18.9 Å². The van der Waals surface area contributed by atoms with Crippen molar-refractivity contribution in [2.75, 3.05) is 25.0 Å². The molecule has 1 aromatic rings. The van der Waals surface area contributed by atoms with Gasteiger partial charge in [-0.15, -0.1) is 0 Å². The van der Waals surface area contributed by atoms with E-state index in [0.717, 1.165) is 31.6 Å². The predicted octanol–water partition coefficient (Wildman–Crippen LogP) is 1.48. The Kier molecular flexibility index (Phi) is 3.73. The van der Waals surface area contributed by atoms with Crippen LogP contribution in [-0.4, -0.2) is 35.6 Å². The zero-order valence-corrected chi connectivity index (χ0v) is 9.26. The van der Waals surface area contributed by atoms with Crippen molar-refractivity contribution in [3.63, 3.8) is 0 Å². The summed E-state index contributed by atoms with van der Waals surface area (Å²) in [6.45, 7) is 2.58. The first-order valence-electron chi connectivity index (χ1n) is 5.64. The number of nitrogens with zero attached hydrogens (tertiary/aromatic N) is 3. The van der Waals surface area contributed by atoms with Gasteiger partial charge in [-0.25, -0.2) is 0 Å². The lowest BCUT2D eigenvalue weighted by Gasteiger charge is -2.31. The maximum absolute atomic E-state index is 8.61. The Hall–Kier alpha value is -1.60. The second-order valence-corrected chi connectivity index (χ2v) is 4.09. The molecule has 0 radical (unpaired) electrons. The van der Waals surface area contributed by atoms with E-state index in [1.54, 1.807) is 12.4 Å². The van der Waals surface area contributed by atoms with Crippen LogP contribution in [0.1, 0.15) is 12.8 Å². The van der Waals surface area contributed by atoms with Gasteiger partial charge in [0, 0.05) is 37.2 Å². The quantitative estimate of drug-likeness (QED) is 0.778. The van der Waals surface area contributed by atoms with Gasteiger partial charge in [-0.2, -0.15) is 5.26 Å². The fourth-order valence-corrected chi connectivity index (χ4v) is 2.02. The van der Waals surface area contributed by atoms with Crippen LogP contribution in [0.2, 0.25) is 0 Å². The van der Waals surface area contributed by atoms with Gasteiger partial charge in [0.15, 0.2) is 0 Å². The Labute approximate surface area is 95.9 Å². The lowest BCUT2D eigenvalue weighted by molar-refractivity contribution is 0.242. The molecule has 4 nitrogen and oxygen atoms in total. The second-order valence-electron chi connectivity index (χ2n) is 4.09. The zero-order valence-electron chi connectivity index (χ0n) is 9.26. The van der Waals surface area contributed by atoms with Crippen LogP contribution in [-0.2, 0) is 0 Å². The van der Waals surface area contributed by atoms with E-state index in [1.807, 2.05) is 12.1 Å². The molecule has 1 aromatic heterocycles. The maximum atomic E-state index is 8.61.